The maximum Gasteiger partial charge on any atom is 0.0926 e. The molecule has 1 unspecified atom stereocenters. The Balaban J connectivity index is 2.12. The maximum absolute atomic E-state index is 6.36. The van der Waals surface area contributed by atoms with E-state index in [0.29, 0.717) is 0 Å². The normalized spacial score (nSPS) is 12.9. The monoisotopic (exact) mass is 319 g/mol. The first-order valence-corrected chi connectivity index (χ1v) is 8.36. The molecule has 0 saturated heterocycles. The van der Waals surface area contributed by atoms with Gasteiger partial charge in [-0.3, -0.25) is 4.68 Å². The van der Waals surface area contributed by atoms with Gasteiger partial charge in [0, 0.05) is 17.3 Å². The Bertz CT molecular complexity index is 747. The summed E-state index contributed by atoms with van der Waals surface area (Å²) >= 11 is 8.03. The highest BCUT2D eigenvalue weighted by Gasteiger charge is 2.23. The van der Waals surface area contributed by atoms with Gasteiger partial charge in [-0.05, 0) is 30.5 Å². The van der Waals surface area contributed by atoms with Gasteiger partial charge in [0.25, 0.3) is 0 Å². The molecule has 0 bridgehead atoms. The lowest BCUT2D eigenvalue weighted by molar-refractivity contribution is 0.585. The Morgan fingerprint density at radius 1 is 1.33 bits per heavy atom. The molecule has 1 atom stereocenters. The molecule has 0 saturated carbocycles. The van der Waals surface area contributed by atoms with E-state index in [0.717, 1.165) is 34.1 Å². The second-order valence-electron chi connectivity index (χ2n) is 5.05. The zero-order valence-corrected chi connectivity index (χ0v) is 13.7. The Labute approximate surface area is 133 Å². The van der Waals surface area contributed by atoms with E-state index >= 15 is 0 Å². The van der Waals surface area contributed by atoms with Gasteiger partial charge in [0.1, 0.15) is 0 Å². The molecule has 0 aliphatic heterocycles. The third-order valence-electron chi connectivity index (χ3n) is 3.57. The van der Waals surface area contributed by atoms with Gasteiger partial charge in [-0.2, -0.15) is 5.10 Å². The summed E-state index contributed by atoms with van der Waals surface area (Å²) in [4.78, 5) is 1.13. The van der Waals surface area contributed by atoms with Crippen LogP contribution in [-0.2, 0) is 7.05 Å². The molecule has 1 aromatic carbocycles. The van der Waals surface area contributed by atoms with Crippen molar-refractivity contribution < 1.29 is 0 Å². The molecule has 5 heteroatoms. The number of fused-ring (bicyclic) bond motifs is 1. The summed E-state index contributed by atoms with van der Waals surface area (Å²) in [6, 6.07) is 10.3. The van der Waals surface area contributed by atoms with Crippen molar-refractivity contribution in [1.29, 1.82) is 0 Å². The molecule has 0 aliphatic carbocycles. The van der Waals surface area contributed by atoms with Crippen molar-refractivity contribution >= 4 is 33.8 Å². The molecule has 2 heterocycles. The molecule has 0 radical (unpaired) electrons. The highest BCUT2D eigenvalue weighted by atomic mass is 35.5. The number of halogens is 1. The minimum atomic E-state index is 0.0450. The summed E-state index contributed by atoms with van der Waals surface area (Å²) in [7, 11) is 1.98. The summed E-state index contributed by atoms with van der Waals surface area (Å²) in [6.45, 7) is 3.10. The predicted molar refractivity (Wildman–Crippen MR) is 90.2 cm³/mol. The summed E-state index contributed by atoms with van der Waals surface area (Å²) in [5, 5.41) is 12.3. The Morgan fingerprint density at radius 2 is 2.14 bits per heavy atom. The number of nitrogens with one attached hydrogen (secondary N) is 1. The van der Waals surface area contributed by atoms with E-state index in [4.69, 9.17) is 16.7 Å². The third kappa shape index (κ3) is 2.71. The van der Waals surface area contributed by atoms with E-state index in [2.05, 4.69) is 30.4 Å². The highest BCUT2D eigenvalue weighted by Crippen LogP contribution is 2.35. The van der Waals surface area contributed by atoms with E-state index in [1.54, 1.807) is 11.3 Å². The number of thiophene rings is 1. The molecule has 0 spiro atoms. The van der Waals surface area contributed by atoms with Crippen molar-refractivity contribution in [2.45, 2.75) is 19.4 Å². The smallest absolute Gasteiger partial charge is 0.0926 e. The van der Waals surface area contributed by atoms with Gasteiger partial charge >= 0.3 is 0 Å². The minimum absolute atomic E-state index is 0.0450. The van der Waals surface area contributed by atoms with Crippen LogP contribution < -0.4 is 5.32 Å². The Kier molecular flexibility index (Phi) is 4.29. The lowest BCUT2D eigenvalue weighted by Gasteiger charge is -2.16. The van der Waals surface area contributed by atoms with Gasteiger partial charge in [0.15, 0.2) is 0 Å². The number of hydrogen-bond donors (Lipinski definition) is 1. The number of aryl methyl sites for hydroxylation is 1. The highest BCUT2D eigenvalue weighted by molar-refractivity contribution is 7.10. The molecule has 110 valence electrons. The second-order valence-corrected chi connectivity index (χ2v) is 6.40. The van der Waals surface area contributed by atoms with Crippen LogP contribution in [0.2, 0.25) is 5.02 Å². The number of benzene rings is 1. The second kappa shape index (κ2) is 6.18. The summed E-state index contributed by atoms with van der Waals surface area (Å²) < 4.78 is 1.94. The largest absolute Gasteiger partial charge is 0.304 e. The van der Waals surface area contributed by atoms with E-state index in [-0.39, 0.29) is 6.04 Å². The van der Waals surface area contributed by atoms with Gasteiger partial charge in [-0.25, -0.2) is 0 Å². The maximum atomic E-state index is 6.36. The summed E-state index contributed by atoms with van der Waals surface area (Å²) in [6.07, 6.45) is 1.07. The molecule has 1 N–H and O–H groups in total. The van der Waals surface area contributed by atoms with Crippen LogP contribution in [0.1, 0.15) is 30.0 Å². The molecule has 0 fully saturated rings. The SMILES string of the molecule is CCCNC(c1sccc1Cl)c1nn(C)c2ccccc12. The molecule has 0 aliphatic rings. The quantitative estimate of drug-likeness (QED) is 0.756. The van der Waals surface area contributed by atoms with Crippen molar-refractivity contribution in [3.8, 4) is 0 Å². The Morgan fingerprint density at radius 3 is 2.86 bits per heavy atom. The van der Waals surface area contributed by atoms with Gasteiger partial charge < -0.3 is 5.32 Å². The Hall–Kier alpha value is -1.36. The standard InChI is InChI=1S/C16H18ClN3S/c1-3-9-18-15(16-12(17)8-10-21-16)14-11-6-4-5-7-13(11)20(2)19-14/h4-8,10,15,18H,3,9H2,1-2H3. The zero-order chi connectivity index (χ0) is 14.8. The predicted octanol–water partition coefficient (Wildman–Crippen LogP) is 4.38. The van der Waals surface area contributed by atoms with Gasteiger partial charge in [0.2, 0.25) is 0 Å². The zero-order valence-electron chi connectivity index (χ0n) is 12.1. The van der Waals surface area contributed by atoms with Crippen molar-refractivity contribution in [2.24, 2.45) is 7.05 Å². The average molecular weight is 320 g/mol. The van der Waals surface area contributed by atoms with Crippen LogP contribution in [0, 0.1) is 0 Å². The summed E-state index contributed by atoms with van der Waals surface area (Å²) in [5.74, 6) is 0. The van der Waals surface area contributed by atoms with Crippen LogP contribution in [0.4, 0.5) is 0 Å². The van der Waals surface area contributed by atoms with Crippen molar-refractivity contribution in [3.63, 3.8) is 0 Å². The topological polar surface area (TPSA) is 29.9 Å². The van der Waals surface area contributed by atoms with E-state index in [1.165, 1.54) is 5.39 Å². The van der Waals surface area contributed by atoms with E-state index in [9.17, 15) is 0 Å². The van der Waals surface area contributed by atoms with Crippen LogP contribution in [0.25, 0.3) is 10.9 Å². The van der Waals surface area contributed by atoms with Gasteiger partial charge in [-0.1, -0.05) is 36.7 Å². The fourth-order valence-electron chi connectivity index (χ4n) is 2.57. The lowest BCUT2D eigenvalue weighted by atomic mass is 10.1. The first kappa shape index (κ1) is 14.6. The number of para-hydroxylation sites is 1. The average Bonchev–Trinajstić information content (AvgIpc) is 3.06. The van der Waals surface area contributed by atoms with E-state index in [1.807, 2.05) is 29.2 Å². The van der Waals surface area contributed by atoms with Crippen molar-refractivity contribution in [3.05, 3.63) is 51.3 Å². The third-order valence-corrected chi connectivity index (χ3v) is 4.99. The minimum Gasteiger partial charge on any atom is -0.304 e. The molecule has 3 aromatic rings. The van der Waals surface area contributed by atoms with Crippen LogP contribution in [0.3, 0.4) is 0 Å². The number of rotatable bonds is 5. The molecular weight excluding hydrogens is 302 g/mol. The lowest BCUT2D eigenvalue weighted by Crippen LogP contribution is -2.23. The molecule has 2 aromatic heterocycles. The number of aromatic nitrogens is 2. The molecule has 3 nitrogen and oxygen atoms in total. The van der Waals surface area contributed by atoms with E-state index < -0.39 is 0 Å². The van der Waals surface area contributed by atoms with Gasteiger partial charge in [0.05, 0.1) is 22.3 Å². The van der Waals surface area contributed by atoms with Crippen LogP contribution in [-0.4, -0.2) is 16.3 Å². The van der Waals surface area contributed by atoms with Crippen molar-refractivity contribution in [2.75, 3.05) is 6.54 Å². The summed E-state index contributed by atoms with van der Waals surface area (Å²) in [5.41, 5.74) is 2.19. The molecule has 21 heavy (non-hydrogen) atoms. The van der Waals surface area contributed by atoms with Crippen molar-refractivity contribution in [1.82, 2.24) is 15.1 Å². The molecule has 3 rings (SSSR count). The fourth-order valence-corrected chi connectivity index (χ4v) is 3.81. The number of hydrogen-bond acceptors (Lipinski definition) is 3. The molecular formula is C16H18ClN3S. The van der Waals surface area contributed by atoms with Crippen LogP contribution >= 0.6 is 22.9 Å². The fraction of sp³-hybridized carbons (Fsp3) is 0.312. The van der Waals surface area contributed by atoms with Gasteiger partial charge in [-0.15, -0.1) is 11.3 Å². The first-order chi connectivity index (χ1) is 10.2. The van der Waals surface area contributed by atoms with Crippen LogP contribution in [0.5, 0.6) is 0 Å². The first-order valence-electron chi connectivity index (χ1n) is 7.10. The molecule has 0 amide bonds. The van der Waals surface area contributed by atoms with Crippen LogP contribution in [0.15, 0.2) is 35.7 Å². The number of nitrogens with zero attached hydrogens (tertiary/aromatic N) is 2.